The second-order valence-electron chi connectivity index (χ2n) is 3.99. The van der Waals surface area contributed by atoms with Gasteiger partial charge in [-0.05, 0) is 18.2 Å². The van der Waals surface area contributed by atoms with Gasteiger partial charge >= 0.3 is 6.18 Å². The summed E-state index contributed by atoms with van der Waals surface area (Å²) in [6.45, 7) is -0.511. The average Bonchev–Trinajstić information content (AvgIpc) is 2.26. The molecule has 2 amide bonds. The average molecular weight is 276 g/mol. The molecular weight excluding hydrogens is 268 g/mol. The molecule has 1 aliphatic rings. The second kappa shape index (κ2) is 4.52. The zero-order valence-electron chi connectivity index (χ0n) is 9.42. The molecule has 2 rings (SSSR count). The van der Waals surface area contributed by atoms with E-state index >= 15 is 0 Å². The summed E-state index contributed by atoms with van der Waals surface area (Å²) in [6.07, 6.45) is -4.83. The molecule has 0 unspecified atom stereocenters. The van der Waals surface area contributed by atoms with E-state index in [1.54, 1.807) is 0 Å². The van der Waals surface area contributed by atoms with Crippen LogP contribution < -0.4 is 10.2 Å². The highest BCUT2D eigenvalue weighted by molar-refractivity contribution is 6.02. The number of rotatable bonds is 1. The molecule has 102 valence electrons. The molecule has 8 heteroatoms. The van der Waals surface area contributed by atoms with Gasteiger partial charge < -0.3 is 4.90 Å². The number of anilines is 1. The number of piperazine rings is 1. The Labute approximate surface area is 105 Å². The minimum absolute atomic E-state index is 0.0306. The lowest BCUT2D eigenvalue weighted by molar-refractivity contribution is -0.140. The lowest BCUT2D eigenvalue weighted by Crippen LogP contribution is -2.51. The number of nitrogens with one attached hydrogen (secondary N) is 1. The van der Waals surface area contributed by atoms with Crippen molar-refractivity contribution < 1.29 is 27.2 Å². The first-order valence-corrected chi connectivity index (χ1v) is 5.22. The summed E-state index contributed by atoms with van der Waals surface area (Å²) < 4.78 is 50.7. The standard InChI is InChI=1S/C11H8F4N2O2/c12-8-2-1-6(3-7(8)11(13,14)15)17-4-9(18)16-10(19)5-17/h1-3H,4-5H2,(H,16,18,19). The van der Waals surface area contributed by atoms with Crippen LogP contribution in [-0.4, -0.2) is 24.9 Å². The minimum Gasteiger partial charge on any atom is -0.353 e. The number of alkyl halides is 3. The van der Waals surface area contributed by atoms with E-state index in [2.05, 4.69) is 0 Å². The maximum Gasteiger partial charge on any atom is 0.419 e. The number of hydrogen-bond acceptors (Lipinski definition) is 3. The molecule has 1 N–H and O–H groups in total. The van der Waals surface area contributed by atoms with E-state index in [-0.39, 0.29) is 18.8 Å². The fourth-order valence-electron chi connectivity index (χ4n) is 1.75. The largest absolute Gasteiger partial charge is 0.419 e. The SMILES string of the molecule is O=C1CN(c2ccc(F)c(C(F)(F)F)c2)CC(=O)N1. The van der Waals surface area contributed by atoms with Crippen LogP contribution in [0.25, 0.3) is 0 Å². The van der Waals surface area contributed by atoms with E-state index in [1.165, 1.54) is 0 Å². The Hall–Kier alpha value is -2.12. The Bertz CT molecular complexity index is 526. The van der Waals surface area contributed by atoms with Gasteiger partial charge in [0.15, 0.2) is 0 Å². The van der Waals surface area contributed by atoms with Gasteiger partial charge in [-0.2, -0.15) is 13.2 Å². The number of amides is 2. The summed E-state index contributed by atoms with van der Waals surface area (Å²) in [6, 6.07) is 2.34. The van der Waals surface area contributed by atoms with Gasteiger partial charge in [-0.15, -0.1) is 0 Å². The number of nitrogens with zero attached hydrogens (tertiary/aromatic N) is 1. The molecule has 1 aromatic carbocycles. The van der Waals surface area contributed by atoms with E-state index < -0.39 is 29.4 Å². The van der Waals surface area contributed by atoms with Gasteiger partial charge in [0, 0.05) is 5.69 Å². The molecule has 0 aromatic heterocycles. The molecule has 1 heterocycles. The molecule has 0 bridgehead atoms. The summed E-state index contributed by atoms with van der Waals surface area (Å²) in [5.74, 6) is -2.63. The van der Waals surface area contributed by atoms with Crippen LogP contribution in [0, 0.1) is 5.82 Å². The molecule has 1 fully saturated rings. The topological polar surface area (TPSA) is 49.4 Å². The Morgan fingerprint density at radius 3 is 2.21 bits per heavy atom. The third kappa shape index (κ3) is 2.83. The van der Waals surface area contributed by atoms with Crippen molar-refractivity contribution in [2.24, 2.45) is 0 Å². The molecule has 0 saturated carbocycles. The summed E-state index contributed by atoms with van der Waals surface area (Å²) in [5, 5.41) is 2.02. The van der Waals surface area contributed by atoms with Crippen molar-refractivity contribution in [1.29, 1.82) is 0 Å². The Morgan fingerprint density at radius 2 is 1.68 bits per heavy atom. The van der Waals surface area contributed by atoms with Crippen LogP contribution in [-0.2, 0) is 15.8 Å². The first kappa shape index (κ1) is 13.3. The van der Waals surface area contributed by atoms with Crippen molar-refractivity contribution >= 4 is 17.5 Å². The number of hydrogen-bond donors (Lipinski definition) is 1. The van der Waals surface area contributed by atoms with E-state index in [4.69, 9.17) is 0 Å². The normalized spacial score (nSPS) is 16.5. The number of halogens is 4. The third-order valence-electron chi connectivity index (χ3n) is 2.57. The molecule has 4 nitrogen and oxygen atoms in total. The summed E-state index contributed by atoms with van der Waals surface area (Å²) in [4.78, 5) is 23.4. The molecule has 1 aromatic rings. The van der Waals surface area contributed by atoms with E-state index in [1.807, 2.05) is 5.32 Å². The van der Waals surface area contributed by atoms with Crippen molar-refractivity contribution in [2.45, 2.75) is 6.18 Å². The number of carbonyl (C=O) groups excluding carboxylic acids is 2. The van der Waals surface area contributed by atoms with Crippen LogP contribution in [0.5, 0.6) is 0 Å². The van der Waals surface area contributed by atoms with Gasteiger partial charge in [0.25, 0.3) is 0 Å². The van der Waals surface area contributed by atoms with Crippen LogP contribution in [0.3, 0.4) is 0 Å². The number of imide groups is 1. The zero-order chi connectivity index (χ0) is 14.2. The quantitative estimate of drug-likeness (QED) is 0.621. The molecule has 1 saturated heterocycles. The maximum absolute atomic E-state index is 13.1. The van der Waals surface area contributed by atoms with Gasteiger partial charge in [-0.3, -0.25) is 14.9 Å². The van der Waals surface area contributed by atoms with Gasteiger partial charge in [-0.1, -0.05) is 0 Å². The monoisotopic (exact) mass is 276 g/mol. The minimum atomic E-state index is -4.83. The van der Waals surface area contributed by atoms with Crippen LogP contribution >= 0.6 is 0 Å². The molecule has 0 radical (unpaired) electrons. The van der Waals surface area contributed by atoms with Gasteiger partial charge in [0.05, 0.1) is 18.7 Å². The van der Waals surface area contributed by atoms with Gasteiger partial charge in [0.1, 0.15) is 5.82 Å². The van der Waals surface area contributed by atoms with Gasteiger partial charge in [0.2, 0.25) is 11.8 Å². The lowest BCUT2D eigenvalue weighted by Gasteiger charge is -2.27. The molecule has 0 aliphatic carbocycles. The highest BCUT2D eigenvalue weighted by atomic mass is 19.4. The van der Waals surface area contributed by atoms with Crippen LogP contribution in [0.1, 0.15) is 5.56 Å². The Kier molecular flexibility index (Phi) is 3.17. The molecule has 1 aliphatic heterocycles. The summed E-state index contributed by atoms with van der Waals surface area (Å²) in [7, 11) is 0. The number of benzene rings is 1. The van der Waals surface area contributed by atoms with Crippen molar-refractivity contribution in [2.75, 3.05) is 18.0 Å². The van der Waals surface area contributed by atoms with Crippen molar-refractivity contribution in [3.05, 3.63) is 29.6 Å². The predicted octanol–water partition coefficient (Wildman–Crippen LogP) is 1.31. The highest BCUT2D eigenvalue weighted by Crippen LogP contribution is 2.33. The van der Waals surface area contributed by atoms with Crippen molar-refractivity contribution in [3.63, 3.8) is 0 Å². The van der Waals surface area contributed by atoms with Crippen LogP contribution in [0.15, 0.2) is 18.2 Å². The fraction of sp³-hybridized carbons (Fsp3) is 0.273. The Balaban J connectivity index is 2.36. The van der Waals surface area contributed by atoms with Gasteiger partial charge in [-0.25, -0.2) is 4.39 Å². The van der Waals surface area contributed by atoms with E-state index in [0.29, 0.717) is 12.1 Å². The summed E-state index contributed by atoms with van der Waals surface area (Å²) in [5.41, 5.74) is -1.46. The first-order valence-electron chi connectivity index (χ1n) is 5.22. The summed E-state index contributed by atoms with van der Waals surface area (Å²) >= 11 is 0. The second-order valence-corrected chi connectivity index (χ2v) is 3.99. The van der Waals surface area contributed by atoms with Crippen LogP contribution in [0.4, 0.5) is 23.2 Å². The molecular formula is C11H8F4N2O2. The third-order valence-corrected chi connectivity index (χ3v) is 2.57. The predicted molar refractivity (Wildman–Crippen MR) is 56.8 cm³/mol. The number of carbonyl (C=O) groups is 2. The van der Waals surface area contributed by atoms with Crippen LogP contribution in [0.2, 0.25) is 0 Å². The highest BCUT2D eigenvalue weighted by Gasteiger charge is 2.35. The van der Waals surface area contributed by atoms with Crippen molar-refractivity contribution in [3.8, 4) is 0 Å². The lowest BCUT2D eigenvalue weighted by atomic mass is 10.1. The first-order chi connectivity index (χ1) is 8.77. The smallest absolute Gasteiger partial charge is 0.353 e. The maximum atomic E-state index is 13.1. The molecule has 19 heavy (non-hydrogen) atoms. The zero-order valence-corrected chi connectivity index (χ0v) is 9.42. The fourth-order valence-corrected chi connectivity index (χ4v) is 1.75. The van der Waals surface area contributed by atoms with E-state index in [9.17, 15) is 27.2 Å². The Morgan fingerprint density at radius 1 is 1.11 bits per heavy atom. The molecule has 0 atom stereocenters. The van der Waals surface area contributed by atoms with E-state index in [0.717, 1.165) is 11.0 Å². The van der Waals surface area contributed by atoms with Crippen molar-refractivity contribution in [1.82, 2.24) is 5.32 Å². The molecule has 0 spiro atoms.